The molecule has 1 aromatic rings. The van der Waals surface area contributed by atoms with Gasteiger partial charge in [-0.1, -0.05) is 0 Å². The third-order valence-electron chi connectivity index (χ3n) is 2.78. The summed E-state index contributed by atoms with van der Waals surface area (Å²) in [5.74, 6) is 0. The highest BCUT2D eigenvalue weighted by molar-refractivity contribution is 5.90. The number of carbonyl (C=O) groups is 1. The standard InChI is InChI=1S/C13H19N3O4/c1-4-20-8-7-15(3)13(17)14-12-6-5-11(16(18)19)9-10(12)2/h5-6,9H,4,7-8H2,1-3H3,(H,14,17). The number of nitro benzene ring substituents is 1. The fourth-order valence-corrected chi connectivity index (χ4v) is 1.56. The molecule has 0 saturated heterocycles. The van der Waals surface area contributed by atoms with Crippen molar-refractivity contribution in [2.24, 2.45) is 0 Å². The Morgan fingerprint density at radius 1 is 1.50 bits per heavy atom. The van der Waals surface area contributed by atoms with Gasteiger partial charge < -0.3 is 15.0 Å². The molecule has 1 rings (SSSR count). The van der Waals surface area contributed by atoms with Crippen LogP contribution in [0.1, 0.15) is 12.5 Å². The van der Waals surface area contributed by atoms with Crippen LogP contribution < -0.4 is 5.32 Å². The molecule has 7 heteroatoms. The van der Waals surface area contributed by atoms with E-state index in [-0.39, 0.29) is 11.7 Å². The first-order valence-corrected chi connectivity index (χ1v) is 6.30. The Morgan fingerprint density at radius 2 is 2.20 bits per heavy atom. The molecule has 20 heavy (non-hydrogen) atoms. The fraction of sp³-hybridized carbons (Fsp3) is 0.462. The Kier molecular flexibility index (Phi) is 5.92. The van der Waals surface area contributed by atoms with Gasteiger partial charge in [0.1, 0.15) is 0 Å². The van der Waals surface area contributed by atoms with Crippen molar-refractivity contribution < 1.29 is 14.5 Å². The Hall–Kier alpha value is -2.15. The summed E-state index contributed by atoms with van der Waals surface area (Å²) in [4.78, 5) is 23.6. The molecular weight excluding hydrogens is 262 g/mol. The quantitative estimate of drug-likeness (QED) is 0.493. The van der Waals surface area contributed by atoms with Gasteiger partial charge in [0.25, 0.3) is 5.69 Å². The minimum absolute atomic E-state index is 0.00481. The van der Waals surface area contributed by atoms with Crippen LogP contribution in [0.15, 0.2) is 18.2 Å². The maximum Gasteiger partial charge on any atom is 0.321 e. The molecule has 110 valence electrons. The summed E-state index contributed by atoms with van der Waals surface area (Å²) < 4.78 is 5.17. The van der Waals surface area contributed by atoms with Crippen molar-refractivity contribution in [1.29, 1.82) is 0 Å². The largest absolute Gasteiger partial charge is 0.380 e. The number of non-ortho nitro benzene ring substituents is 1. The van der Waals surface area contributed by atoms with Crippen molar-refractivity contribution in [3.05, 3.63) is 33.9 Å². The van der Waals surface area contributed by atoms with E-state index in [0.29, 0.717) is 31.0 Å². The van der Waals surface area contributed by atoms with E-state index in [1.165, 1.54) is 23.1 Å². The topological polar surface area (TPSA) is 84.7 Å². The fourth-order valence-electron chi connectivity index (χ4n) is 1.56. The van der Waals surface area contributed by atoms with Crippen LogP contribution in [0.5, 0.6) is 0 Å². The van der Waals surface area contributed by atoms with Crippen LogP contribution in [0.3, 0.4) is 0 Å². The highest BCUT2D eigenvalue weighted by Gasteiger charge is 2.12. The van der Waals surface area contributed by atoms with E-state index in [9.17, 15) is 14.9 Å². The Labute approximate surface area is 117 Å². The SMILES string of the molecule is CCOCCN(C)C(=O)Nc1ccc([N+](=O)[O-])cc1C. The minimum atomic E-state index is -0.465. The van der Waals surface area contributed by atoms with Crippen LogP contribution in [0.4, 0.5) is 16.2 Å². The molecule has 7 nitrogen and oxygen atoms in total. The van der Waals surface area contributed by atoms with Crippen molar-refractivity contribution in [3.63, 3.8) is 0 Å². The third-order valence-corrected chi connectivity index (χ3v) is 2.78. The normalized spacial score (nSPS) is 10.2. The summed E-state index contributed by atoms with van der Waals surface area (Å²) in [6.45, 7) is 5.16. The predicted octanol–water partition coefficient (Wildman–Crippen LogP) is 2.40. The lowest BCUT2D eigenvalue weighted by Gasteiger charge is -2.18. The van der Waals surface area contributed by atoms with Gasteiger partial charge in [0, 0.05) is 38.0 Å². The average Bonchev–Trinajstić information content (AvgIpc) is 2.40. The molecule has 0 aliphatic rings. The van der Waals surface area contributed by atoms with E-state index in [1.54, 1.807) is 14.0 Å². The number of benzene rings is 1. The van der Waals surface area contributed by atoms with Crippen LogP contribution in [0, 0.1) is 17.0 Å². The third kappa shape index (κ3) is 4.51. The summed E-state index contributed by atoms with van der Waals surface area (Å²) in [5.41, 5.74) is 1.21. The first-order valence-electron chi connectivity index (χ1n) is 6.30. The molecule has 0 atom stereocenters. The van der Waals surface area contributed by atoms with Gasteiger partial charge in [-0.2, -0.15) is 0 Å². The molecule has 0 aliphatic heterocycles. The maximum absolute atomic E-state index is 11.9. The van der Waals surface area contributed by atoms with Gasteiger partial charge in [-0.15, -0.1) is 0 Å². The molecular formula is C13H19N3O4. The zero-order valence-corrected chi connectivity index (χ0v) is 11.9. The Balaban J connectivity index is 2.64. The number of amides is 2. The van der Waals surface area contributed by atoms with Gasteiger partial charge in [0.05, 0.1) is 11.5 Å². The number of likely N-dealkylation sites (N-methyl/N-ethyl adjacent to an activating group) is 1. The number of hydrogen-bond acceptors (Lipinski definition) is 4. The molecule has 0 fully saturated rings. The van der Waals surface area contributed by atoms with E-state index < -0.39 is 4.92 Å². The lowest BCUT2D eigenvalue weighted by atomic mass is 10.2. The van der Waals surface area contributed by atoms with E-state index in [0.717, 1.165) is 0 Å². The van der Waals surface area contributed by atoms with Crippen LogP contribution in [-0.2, 0) is 4.74 Å². The highest BCUT2D eigenvalue weighted by atomic mass is 16.6. The number of hydrogen-bond donors (Lipinski definition) is 1. The van der Waals surface area contributed by atoms with Gasteiger partial charge in [0.15, 0.2) is 0 Å². The number of nitro groups is 1. The zero-order valence-electron chi connectivity index (χ0n) is 11.9. The van der Waals surface area contributed by atoms with E-state index in [2.05, 4.69) is 5.32 Å². The summed E-state index contributed by atoms with van der Waals surface area (Å²) in [6, 6.07) is 4.04. The van der Waals surface area contributed by atoms with Crippen LogP contribution >= 0.6 is 0 Å². The van der Waals surface area contributed by atoms with Crippen LogP contribution in [0.2, 0.25) is 0 Å². The maximum atomic E-state index is 11.9. The molecule has 0 bridgehead atoms. The first-order chi connectivity index (χ1) is 9.45. The number of nitrogens with zero attached hydrogens (tertiary/aromatic N) is 2. The van der Waals surface area contributed by atoms with Gasteiger partial charge in [-0.25, -0.2) is 4.79 Å². The van der Waals surface area contributed by atoms with Crippen molar-refractivity contribution in [2.75, 3.05) is 32.1 Å². The molecule has 0 unspecified atom stereocenters. The number of nitrogens with one attached hydrogen (secondary N) is 1. The predicted molar refractivity (Wildman–Crippen MR) is 76.0 cm³/mol. The number of ether oxygens (including phenoxy) is 1. The van der Waals surface area contributed by atoms with Crippen molar-refractivity contribution >= 4 is 17.4 Å². The second-order valence-electron chi connectivity index (χ2n) is 4.30. The van der Waals surface area contributed by atoms with Gasteiger partial charge in [-0.05, 0) is 25.5 Å². The molecule has 0 saturated carbocycles. The van der Waals surface area contributed by atoms with Crippen molar-refractivity contribution in [1.82, 2.24) is 4.90 Å². The van der Waals surface area contributed by atoms with Gasteiger partial charge >= 0.3 is 6.03 Å². The Bertz CT molecular complexity index is 491. The lowest BCUT2D eigenvalue weighted by molar-refractivity contribution is -0.384. The molecule has 0 radical (unpaired) electrons. The summed E-state index contributed by atoms with van der Waals surface area (Å²) >= 11 is 0. The summed E-state index contributed by atoms with van der Waals surface area (Å²) in [7, 11) is 1.66. The van der Waals surface area contributed by atoms with Gasteiger partial charge in [0.2, 0.25) is 0 Å². The van der Waals surface area contributed by atoms with Crippen molar-refractivity contribution in [2.45, 2.75) is 13.8 Å². The number of urea groups is 1. The monoisotopic (exact) mass is 281 g/mol. The van der Waals surface area contributed by atoms with E-state index in [4.69, 9.17) is 4.74 Å². The number of aryl methyl sites for hydroxylation is 1. The summed E-state index contributed by atoms with van der Waals surface area (Å²) in [5, 5.41) is 13.3. The highest BCUT2D eigenvalue weighted by Crippen LogP contribution is 2.21. The summed E-state index contributed by atoms with van der Waals surface area (Å²) in [6.07, 6.45) is 0. The molecule has 2 amide bonds. The average molecular weight is 281 g/mol. The molecule has 1 N–H and O–H groups in total. The first kappa shape index (κ1) is 15.9. The molecule has 0 spiro atoms. The van der Waals surface area contributed by atoms with Crippen LogP contribution in [0.25, 0.3) is 0 Å². The molecule has 0 aromatic heterocycles. The second-order valence-corrected chi connectivity index (χ2v) is 4.30. The molecule has 0 heterocycles. The van der Waals surface area contributed by atoms with Crippen LogP contribution in [-0.4, -0.2) is 42.7 Å². The smallest absolute Gasteiger partial charge is 0.321 e. The molecule has 0 aliphatic carbocycles. The van der Waals surface area contributed by atoms with Gasteiger partial charge in [-0.3, -0.25) is 10.1 Å². The van der Waals surface area contributed by atoms with Crippen molar-refractivity contribution in [3.8, 4) is 0 Å². The minimum Gasteiger partial charge on any atom is -0.380 e. The number of rotatable bonds is 6. The lowest BCUT2D eigenvalue weighted by Crippen LogP contribution is -2.34. The van der Waals surface area contributed by atoms with E-state index in [1.807, 2.05) is 6.92 Å². The second kappa shape index (κ2) is 7.44. The number of anilines is 1. The molecule has 1 aromatic carbocycles. The number of carbonyl (C=O) groups excluding carboxylic acids is 1. The Morgan fingerprint density at radius 3 is 2.75 bits per heavy atom. The van der Waals surface area contributed by atoms with E-state index >= 15 is 0 Å². The zero-order chi connectivity index (χ0) is 15.1.